The molecule has 12 saturated carbocycles. The van der Waals surface area contributed by atoms with E-state index in [1.807, 2.05) is 41.5 Å². The Morgan fingerprint density at radius 2 is 0.918 bits per heavy atom. The van der Waals surface area contributed by atoms with E-state index in [1.165, 1.54) is 70.6 Å². The van der Waals surface area contributed by atoms with E-state index in [1.54, 1.807) is 0 Å². The molecule has 0 aromatic carbocycles. The van der Waals surface area contributed by atoms with Crippen LogP contribution in [0.4, 0.5) is 0 Å². The number of rotatable bonds is 15. The molecule has 12 bridgehead atoms. The highest BCUT2D eigenvalue weighted by Gasteiger charge is 2.55. The molecule has 0 aromatic rings. The zero-order valence-corrected chi connectivity index (χ0v) is 38.4. The molecule has 0 amide bonds. The molecule has 0 radical (unpaired) electrons. The second-order valence-electron chi connectivity index (χ2n) is 24.0. The van der Waals surface area contributed by atoms with Gasteiger partial charge in [-0.15, -0.1) is 0 Å². The van der Waals surface area contributed by atoms with Gasteiger partial charge in [0.1, 0.15) is 12.2 Å². The van der Waals surface area contributed by atoms with Crippen LogP contribution in [0.1, 0.15) is 164 Å². The van der Waals surface area contributed by atoms with E-state index in [0.29, 0.717) is 29.1 Å². The highest BCUT2D eigenvalue weighted by atomic mass is 16.7. The van der Waals surface area contributed by atoms with E-state index < -0.39 is 10.8 Å². The van der Waals surface area contributed by atoms with Gasteiger partial charge in [0.25, 0.3) is 0 Å². The summed E-state index contributed by atoms with van der Waals surface area (Å²) in [7, 11) is 0. The predicted molar refractivity (Wildman–Crippen MR) is 227 cm³/mol. The number of carbonyl (C=O) groups is 4. The van der Waals surface area contributed by atoms with Crippen LogP contribution < -0.4 is 0 Å². The van der Waals surface area contributed by atoms with E-state index in [0.717, 1.165) is 87.6 Å². The standard InChI is InChI=1S/C26H40O5.C25H38O5/c1-4-25(2,3)24(28)31-22-10-16-8-20(22)21(9-16)23(27)30-15-29-14-26-11-17-5-18(12-26)7-19(6-17)13-26;1-4-25(2,3)24(27)30-21-12-16-10-19(21)20(11-16)23(26)29-13-28-22-17-6-14-5-15(8-17)9-18(22)7-14/h16-22H,4-15H2,1-3H3;14-22H,4-13H2,1-3H3. The minimum Gasteiger partial charge on any atom is -0.462 e. The first-order valence-corrected chi connectivity index (χ1v) is 25.1. The third-order valence-electron chi connectivity index (χ3n) is 19.0. The van der Waals surface area contributed by atoms with Gasteiger partial charge in [-0.2, -0.15) is 0 Å². The van der Waals surface area contributed by atoms with Crippen molar-refractivity contribution in [2.45, 2.75) is 182 Å². The van der Waals surface area contributed by atoms with Crippen molar-refractivity contribution < 1.29 is 47.6 Å². The van der Waals surface area contributed by atoms with Gasteiger partial charge in [-0.1, -0.05) is 13.8 Å². The highest BCUT2D eigenvalue weighted by Crippen LogP contribution is 2.60. The maximum Gasteiger partial charge on any atom is 0.311 e. The molecule has 342 valence electrons. The van der Waals surface area contributed by atoms with Gasteiger partial charge in [-0.3, -0.25) is 19.2 Å². The molecule has 0 spiro atoms. The molecular formula is C51H78O10. The number of hydrogen-bond acceptors (Lipinski definition) is 10. The second-order valence-corrected chi connectivity index (χ2v) is 24.0. The fourth-order valence-electron chi connectivity index (χ4n) is 15.6. The smallest absolute Gasteiger partial charge is 0.311 e. The van der Waals surface area contributed by atoms with E-state index >= 15 is 0 Å². The number of hydrogen-bond donors (Lipinski definition) is 0. The van der Waals surface area contributed by atoms with Gasteiger partial charge in [0.05, 0.1) is 35.4 Å². The van der Waals surface area contributed by atoms with Gasteiger partial charge in [-0.05, 0) is 208 Å². The van der Waals surface area contributed by atoms with Gasteiger partial charge < -0.3 is 28.4 Å². The van der Waals surface area contributed by atoms with Crippen LogP contribution >= 0.6 is 0 Å². The summed E-state index contributed by atoms with van der Waals surface area (Å²) >= 11 is 0. The van der Waals surface area contributed by atoms with Crippen LogP contribution in [0.5, 0.6) is 0 Å². The van der Waals surface area contributed by atoms with Crippen molar-refractivity contribution in [3.05, 3.63) is 0 Å². The summed E-state index contributed by atoms with van der Waals surface area (Å²) in [5, 5.41) is 0. The lowest BCUT2D eigenvalue weighted by Gasteiger charge is -2.56. The summed E-state index contributed by atoms with van der Waals surface area (Å²) in [5.41, 5.74) is -0.591. The van der Waals surface area contributed by atoms with E-state index in [-0.39, 0.29) is 79.4 Å². The molecule has 8 atom stereocenters. The maximum atomic E-state index is 12.8. The Morgan fingerprint density at radius 1 is 0.508 bits per heavy atom. The molecule has 12 aliphatic carbocycles. The van der Waals surface area contributed by atoms with Crippen LogP contribution in [0.2, 0.25) is 0 Å². The highest BCUT2D eigenvalue weighted by molar-refractivity contribution is 5.77. The van der Waals surface area contributed by atoms with Crippen LogP contribution in [0.3, 0.4) is 0 Å². The minimum absolute atomic E-state index is 0.0712. The van der Waals surface area contributed by atoms with Crippen molar-refractivity contribution in [1.29, 1.82) is 0 Å². The fourth-order valence-corrected chi connectivity index (χ4v) is 15.6. The second kappa shape index (κ2) is 17.3. The normalized spacial score (nSPS) is 43.2. The zero-order chi connectivity index (χ0) is 42.8. The van der Waals surface area contributed by atoms with E-state index in [9.17, 15) is 19.2 Å². The van der Waals surface area contributed by atoms with Crippen LogP contribution in [-0.2, 0) is 47.6 Å². The first-order valence-electron chi connectivity index (χ1n) is 25.1. The molecule has 61 heavy (non-hydrogen) atoms. The molecule has 0 saturated heterocycles. The molecule has 12 fully saturated rings. The SMILES string of the molecule is CCC(C)(C)C(=O)OC1CC2CC(C(=O)OCOC3C4CC5CC(C4)CC3C5)C1C2.CCC(C)(C)C(=O)OC1CC2CC(C(=O)OCOCC34CC5CC(CC(C5)C3)C4)C1C2. The van der Waals surface area contributed by atoms with Crippen LogP contribution in [0.25, 0.3) is 0 Å². The molecule has 12 aliphatic rings. The molecule has 10 nitrogen and oxygen atoms in total. The van der Waals surface area contributed by atoms with Gasteiger partial charge in [0.15, 0.2) is 13.6 Å². The Bertz CT molecular complexity index is 1570. The minimum atomic E-state index is -0.469. The summed E-state index contributed by atoms with van der Waals surface area (Å²) < 4.78 is 35.0. The lowest BCUT2D eigenvalue weighted by molar-refractivity contribution is -0.192. The van der Waals surface area contributed by atoms with E-state index in [2.05, 4.69) is 0 Å². The first kappa shape index (κ1) is 44.0. The molecule has 8 unspecified atom stereocenters. The van der Waals surface area contributed by atoms with E-state index in [4.69, 9.17) is 28.4 Å². The third kappa shape index (κ3) is 9.08. The molecule has 0 N–H and O–H groups in total. The van der Waals surface area contributed by atoms with Crippen molar-refractivity contribution in [3.63, 3.8) is 0 Å². The Labute approximate surface area is 365 Å². The Hall–Kier alpha value is -2.20. The van der Waals surface area contributed by atoms with Crippen molar-refractivity contribution in [2.75, 3.05) is 20.2 Å². The Kier molecular flexibility index (Phi) is 12.5. The molecule has 0 heterocycles. The summed E-state index contributed by atoms with van der Waals surface area (Å²) in [6.07, 6.45) is 21.8. The van der Waals surface area contributed by atoms with Gasteiger partial charge in [0.2, 0.25) is 0 Å². The third-order valence-corrected chi connectivity index (χ3v) is 19.0. The monoisotopic (exact) mass is 851 g/mol. The largest absolute Gasteiger partial charge is 0.462 e. The molecule has 10 heteroatoms. The average Bonchev–Trinajstić information content (AvgIpc) is 4.02. The molecule has 0 aliphatic heterocycles. The summed E-state index contributed by atoms with van der Waals surface area (Å²) in [4.78, 5) is 50.7. The Balaban J connectivity index is 0.000000156. The summed E-state index contributed by atoms with van der Waals surface area (Å²) in [5.74, 6) is 6.18. The van der Waals surface area contributed by atoms with Gasteiger partial charge in [-0.25, -0.2) is 0 Å². The summed E-state index contributed by atoms with van der Waals surface area (Å²) in [6.45, 7) is 12.6. The quantitative estimate of drug-likeness (QED) is 0.0681. The van der Waals surface area contributed by atoms with Gasteiger partial charge in [0, 0.05) is 11.8 Å². The average molecular weight is 851 g/mol. The first-order chi connectivity index (χ1) is 29.1. The fraction of sp³-hybridized carbons (Fsp3) is 0.922. The molecule has 0 aromatic heterocycles. The number of carbonyl (C=O) groups excluding carboxylic acids is 4. The lowest BCUT2D eigenvalue weighted by Crippen LogP contribution is -2.49. The zero-order valence-electron chi connectivity index (χ0n) is 38.4. The van der Waals surface area contributed by atoms with Crippen molar-refractivity contribution in [3.8, 4) is 0 Å². The summed E-state index contributed by atoms with van der Waals surface area (Å²) in [6, 6.07) is 0. The van der Waals surface area contributed by atoms with Crippen LogP contribution in [0, 0.1) is 93.2 Å². The number of esters is 4. The van der Waals surface area contributed by atoms with Crippen molar-refractivity contribution >= 4 is 23.9 Å². The lowest BCUT2D eigenvalue weighted by atomic mass is 9.50. The number of fused-ring (bicyclic) bond motifs is 4. The Morgan fingerprint density at radius 3 is 1.34 bits per heavy atom. The van der Waals surface area contributed by atoms with Gasteiger partial charge >= 0.3 is 23.9 Å². The topological polar surface area (TPSA) is 124 Å². The maximum absolute atomic E-state index is 12.8. The predicted octanol–water partition coefficient (Wildman–Crippen LogP) is 9.84. The molecule has 12 rings (SSSR count). The van der Waals surface area contributed by atoms with Crippen molar-refractivity contribution in [1.82, 2.24) is 0 Å². The van der Waals surface area contributed by atoms with Crippen molar-refractivity contribution in [2.24, 2.45) is 93.2 Å². The van der Waals surface area contributed by atoms with Crippen LogP contribution in [0.15, 0.2) is 0 Å². The number of ether oxygens (including phenoxy) is 6. The van der Waals surface area contributed by atoms with Crippen LogP contribution in [-0.4, -0.2) is 62.4 Å². The molecular weight excluding hydrogens is 773 g/mol.